The summed E-state index contributed by atoms with van der Waals surface area (Å²) in [6, 6.07) is 4.83. The number of anilines is 1. The van der Waals surface area contributed by atoms with Crippen molar-refractivity contribution in [1.29, 1.82) is 0 Å². The molecule has 0 saturated carbocycles. The van der Waals surface area contributed by atoms with Crippen LogP contribution in [0.4, 0.5) is 5.69 Å². The van der Waals surface area contributed by atoms with Crippen LogP contribution in [-0.2, 0) is 11.3 Å². The van der Waals surface area contributed by atoms with E-state index in [1.165, 1.54) is 12.1 Å². The van der Waals surface area contributed by atoms with Crippen LogP contribution in [0.25, 0.3) is 0 Å². The zero-order valence-electron chi connectivity index (χ0n) is 14.2. The summed E-state index contributed by atoms with van der Waals surface area (Å²) in [5.41, 5.74) is 2.32. The molecule has 1 aliphatic heterocycles. The van der Waals surface area contributed by atoms with Crippen molar-refractivity contribution in [3.63, 3.8) is 0 Å². The van der Waals surface area contributed by atoms with Crippen molar-refractivity contribution in [2.45, 2.75) is 32.9 Å². The minimum atomic E-state index is 0.626. The number of methoxy groups -OCH3 is 1. The van der Waals surface area contributed by atoms with Gasteiger partial charge < -0.3 is 10.1 Å². The molecule has 0 amide bonds. The van der Waals surface area contributed by atoms with Crippen molar-refractivity contribution in [3.8, 4) is 0 Å². The van der Waals surface area contributed by atoms with E-state index in [1.54, 1.807) is 7.11 Å². The molecule has 0 aliphatic carbocycles. The number of aromatic nitrogens is 1. The fourth-order valence-corrected chi connectivity index (χ4v) is 3.10. The molecule has 2 rings (SSSR count). The van der Waals surface area contributed by atoms with E-state index in [1.807, 2.05) is 12.3 Å². The number of nitrogens with one attached hydrogen (secondary N) is 1. The Bertz CT molecular complexity index is 440. The maximum Gasteiger partial charge on any atom is 0.0589 e. The molecule has 1 atom stereocenters. The molecule has 5 nitrogen and oxygen atoms in total. The molecule has 0 radical (unpaired) electrons. The normalized spacial score (nSPS) is 20.2. The quantitative estimate of drug-likeness (QED) is 0.796. The number of piperazine rings is 1. The number of rotatable bonds is 8. The first kappa shape index (κ1) is 17.2. The second-order valence-electron chi connectivity index (χ2n) is 5.89. The lowest BCUT2D eigenvalue weighted by Gasteiger charge is -2.41. The predicted octanol–water partition coefficient (Wildman–Crippen LogP) is 2.06. The summed E-state index contributed by atoms with van der Waals surface area (Å²) >= 11 is 0. The van der Waals surface area contributed by atoms with Gasteiger partial charge in [0.2, 0.25) is 0 Å². The van der Waals surface area contributed by atoms with Gasteiger partial charge in [-0.3, -0.25) is 14.8 Å². The first-order valence-corrected chi connectivity index (χ1v) is 8.41. The Labute approximate surface area is 134 Å². The molecule has 0 unspecified atom stereocenters. The van der Waals surface area contributed by atoms with Crippen molar-refractivity contribution in [3.05, 3.63) is 24.0 Å². The highest BCUT2D eigenvalue weighted by atomic mass is 16.5. The molecule has 0 spiro atoms. The summed E-state index contributed by atoms with van der Waals surface area (Å²) in [4.78, 5) is 9.60. The third-order valence-corrected chi connectivity index (χ3v) is 4.33. The summed E-state index contributed by atoms with van der Waals surface area (Å²) in [7, 11) is 1.78. The second kappa shape index (κ2) is 9.08. The van der Waals surface area contributed by atoms with E-state index < -0.39 is 0 Å². The molecular weight excluding hydrogens is 276 g/mol. The van der Waals surface area contributed by atoms with Gasteiger partial charge in [0.1, 0.15) is 0 Å². The van der Waals surface area contributed by atoms with Gasteiger partial charge in [-0.05, 0) is 25.5 Å². The standard InChI is InChI=1S/C17H30N4O/c1-4-17-14-20(8-9-21(17)10-11-22-3)13-16-12-15(18-5-2)6-7-19-16/h6-7,12,17H,4-5,8-11,13-14H2,1-3H3,(H,18,19)/t17-/m1/s1. The Morgan fingerprint density at radius 3 is 2.95 bits per heavy atom. The van der Waals surface area contributed by atoms with Gasteiger partial charge in [-0.25, -0.2) is 0 Å². The molecule has 124 valence electrons. The molecule has 5 heteroatoms. The molecular formula is C17H30N4O. The van der Waals surface area contributed by atoms with Gasteiger partial charge >= 0.3 is 0 Å². The zero-order chi connectivity index (χ0) is 15.8. The Kier molecular flexibility index (Phi) is 7.09. The molecule has 0 bridgehead atoms. The van der Waals surface area contributed by atoms with E-state index in [0.29, 0.717) is 6.04 Å². The molecule has 1 fully saturated rings. The van der Waals surface area contributed by atoms with Gasteiger partial charge in [-0.1, -0.05) is 6.92 Å². The minimum Gasteiger partial charge on any atom is -0.385 e. The Morgan fingerprint density at radius 2 is 2.23 bits per heavy atom. The van der Waals surface area contributed by atoms with E-state index in [0.717, 1.165) is 51.6 Å². The average Bonchev–Trinajstić information content (AvgIpc) is 2.54. The number of nitrogens with zero attached hydrogens (tertiary/aromatic N) is 3. The molecule has 1 N–H and O–H groups in total. The first-order valence-electron chi connectivity index (χ1n) is 8.41. The van der Waals surface area contributed by atoms with E-state index in [2.05, 4.69) is 40.0 Å². The van der Waals surface area contributed by atoms with Gasteiger partial charge in [-0.2, -0.15) is 0 Å². The van der Waals surface area contributed by atoms with E-state index in [4.69, 9.17) is 4.74 Å². The van der Waals surface area contributed by atoms with Crippen LogP contribution in [0, 0.1) is 0 Å². The molecule has 2 heterocycles. The number of pyridine rings is 1. The number of ether oxygens (including phenoxy) is 1. The van der Waals surface area contributed by atoms with Crippen molar-refractivity contribution in [2.75, 3.05) is 51.8 Å². The fraction of sp³-hybridized carbons (Fsp3) is 0.706. The average molecular weight is 306 g/mol. The highest BCUT2D eigenvalue weighted by molar-refractivity contribution is 5.42. The molecule has 0 aromatic carbocycles. The van der Waals surface area contributed by atoms with Crippen LogP contribution in [0.15, 0.2) is 18.3 Å². The largest absolute Gasteiger partial charge is 0.385 e. The summed E-state index contributed by atoms with van der Waals surface area (Å²) in [6.45, 7) is 11.5. The van der Waals surface area contributed by atoms with Crippen LogP contribution in [0.5, 0.6) is 0 Å². The van der Waals surface area contributed by atoms with Gasteiger partial charge in [0, 0.05) is 64.3 Å². The van der Waals surface area contributed by atoms with E-state index >= 15 is 0 Å². The second-order valence-corrected chi connectivity index (χ2v) is 5.89. The molecule has 1 aromatic heterocycles. The van der Waals surface area contributed by atoms with Gasteiger partial charge in [0.25, 0.3) is 0 Å². The third kappa shape index (κ3) is 4.93. The van der Waals surface area contributed by atoms with E-state index in [9.17, 15) is 0 Å². The summed E-state index contributed by atoms with van der Waals surface area (Å²) in [5, 5.41) is 3.35. The van der Waals surface area contributed by atoms with Crippen LogP contribution in [-0.4, -0.2) is 67.3 Å². The summed E-state index contributed by atoms with van der Waals surface area (Å²) in [6.07, 6.45) is 3.09. The van der Waals surface area contributed by atoms with Gasteiger partial charge in [0.15, 0.2) is 0 Å². The van der Waals surface area contributed by atoms with Crippen molar-refractivity contribution in [1.82, 2.24) is 14.8 Å². The van der Waals surface area contributed by atoms with E-state index in [-0.39, 0.29) is 0 Å². The molecule has 1 aromatic rings. The highest BCUT2D eigenvalue weighted by Crippen LogP contribution is 2.16. The SMILES string of the molecule is CCNc1ccnc(CN2CCN(CCOC)[C@H](CC)C2)c1. The number of hydrogen-bond donors (Lipinski definition) is 1. The summed E-state index contributed by atoms with van der Waals surface area (Å²) < 4.78 is 5.22. The fourth-order valence-electron chi connectivity index (χ4n) is 3.10. The lowest BCUT2D eigenvalue weighted by atomic mass is 10.1. The third-order valence-electron chi connectivity index (χ3n) is 4.33. The number of hydrogen-bond acceptors (Lipinski definition) is 5. The molecule has 1 saturated heterocycles. The highest BCUT2D eigenvalue weighted by Gasteiger charge is 2.25. The van der Waals surface area contributed by atoms with Crippen molar-refractivity contribution in [2.24, 2.45) is 0 Å². The zero-order valence-corrected chi connectivity index (χ0v) is 14.2. The molecule has 1 aliphatic rings. The van der Waals surface area contributed by atoms with Crippen LogP contribution >= 0.6 is 0 Å². The Morgan fingerprint density at radius 1 is 1.36 bits per heavy atom. The maximum absolute atomic E-state index is 5.22. The van der Waals surface area contributed by atoms with Crippen molar-refractivity contribution >= 4 is 5.69 Å². The monoisotopic (exact) mass is 306 g/mol. The van der Waals surface area contributed by atoms with Gasteiger partial charge in [-0.15, -0.1) is 0 Å². The first-order chi connectivity index (χ1) is 10.8. The maximum atomic E-state index is 5.22. The Hall–Kier alpha value is -1.17. The van der Waals surface area contributed by atoms with Crippen LogP contribution in [0.2, 0.25) is 0 Å². The minimum absolute atomic E-state index is 0.626. The lowest BCUT2D eigenvalue weighted by Crippen LogP contribution is -2.53. The predicted molar refractivity (Wildman–Crippen MR) is 91.2 cm³/mol. The molecule has 22 heavy (non-hydrogen) atoms. The van der Waals surface area contributed by atoms with Crippen molar-refractivity contribution < 1.29 is 4.74 Å². The van der Waals surface area contributed by atoms with Crippen LogP contribution in [0.1, 0.15) is 26.0 Å². The summed E-state index contributed by atoms with van der Waals surface area (Å²) in [5.74, 6) is 0. The lowest BCUT2D eigenvalue weighted by molar-refractivity contribution is 0.0460. The smallest absolute Gasteiger partial charge is 0.0589 e. The van der Waals surface area contributed by atoms with Gasteiger partial charge in [0.05, 0.1) is 12.3 Å². The van der Waals surface area contributed by atoms with Crippen LogP contribution < -0.4 is 5.32 Å². The Balaban J connectivity index is 1.90. The van der Waals surface area contributed by atoms with Crippen LogP contribution in [0.3, 0.4) is 0 Å². The topological polar surface area (TPSA) is 40.6 Å².